The van der Waals surface area contributed by atoms with Crippen molar-refractivity contribution in [2.24, 2.45) is 0 Å². The minimum Gasteiger partial charge on any atom is -0.497 e. The Morgan fingerprint density at radius 3 is 2.62 bits per heavy atom. The van der Waals surface area contributed by atoms with Crippen molar-refractivity contribution in [1.82, 2.24) is 5.32 Å². The molecule has 0 aliphatic heterocycles. The molecule has 0 atom stereocenters. The maximum atomic E-state index is 11.8. The highest BCUT2D eigenvalue weighted by atomic mass is 16.5. The van der Waals surface area contributed by atoms with Crippen molar-refractivity contribution >= 4 is 5.91 Å². The van der Waals surface area contributed by atoms with Crippen LogP contribution in [0.15, 0.2) is 48.5 Å². The molecule has 4 heteroatoms. The third kappa shape index (κ3) is 4.53. The molecule has 0 spiro atoms. The molecule has 4 nitrogen and oxygen atoms in total. The Kier molecular flexibility index (Phi) is 5.21. The molecule has 0 aliphatic carbocycles. The molecule has 0 heterocycles. The van der Waals surface area contributed by atoms with Crippen LogP contribution >= 0.6 is 0 Å². The highest BCUT2D eigenvalue weighted by molar-refractivity contribution is 5.77. The minimum absolute atomic E-state index is 0.0148. The summed E-state index contributed by atoms with van der Waals surface area (Å²) < 4.78 is 10.5. The smallest absolute Gasteiger partial charge is 0.258 e. The SMILES string of the molecule is COc1cccc(OCC(=O)NCc2ccccc2C)c1. The Morgan fingerprint density at radius 1 is 1.10 bits per heavy atom. The number of carbonyl (C=O) groups excluding carboxylic acids is 1. The fourth-order valence-electron chi connectivity index (χ4n) is 1.89. The number of amides is 1. The second kappa shape index (κ2) is 7.33. The predicted octanol–water partition coefficient (Wildman–Crippen LogP) is 2.70. The molecule has 0 saturated carbocycles. The van der Waals surface area contributed by atoms with Crippen molar-refractivity contribution in [2.45, 2.75) is 13.5 Å². The van der Waals surface area contributed by atoms with Gasteiger partial charge in [0.05, 0.1) is 7.11 Å². The molecule has 1 amide bonds. The third-order valence-corrected chi connectivity index (χ3v) is 3.15. The topological polar surface area (TPSA) is 47.6 Å². The van der Waals surface area contributed by atoms with Crippen LogP contribution in [-0.2, 0) is 11.3 Å². The fraction of sp³-hybridized carbons (Fsp3) is 0.235. The van der Waals surface area contributed by atoms with E-state index >= 15 is 0 Å². The molecule has 0 bridgehead atoms. The van der Waals surface area contributed by atoms with Crippen LogP contribution in [0.2, 0.25) is 0 Å². The molecule has 0 unspecified atom stereocenters. The summed E-state index contributed by atoms with van der Waals surface area (Å²) >= 11 is 0. The van der Waals surface area contributed by atoms with Gasteiger partial charge in [-0.25, -0.2) is 0 Å². The number of methoxy groups -OCH3 is 1. The van der Waals surface area contributed by atoms with E-state index < -0.39 is 0 Å². The maximum absolute atomic E-state index is 11.8. The van der Waals surface area contributed by atoms with Gasteiger partial charge in [0.25, 0.3) is 5.91 Å². The van der Waals surface area contributed by atoms with Crippen LogP contribution in [0.4, 0.5) is 0 Å². The van der Waals surface area contributed by atoms with E-state index in [1.165, 1.54) is 0 Å². The molecular weight excluding hydrogens is 266 g/mol. The summed E-state index contributed by atoms with van der Waals surface area (Å²) in [5.41, 5.74) is 2.26. The van der Waals surface area contributed by atoms with Gasteiger partial charge < -0.3 is 14.8 Å². The van der Waals surface area contributed by atoms with E-state index in [4.69, 9.17) is 9.47 Å². The largest absolute Gasteiger partial charge is 0.497 e. The number of benzene rings is 2. The molecule has 1 N–H and O–H groups in total. The maximum Gasteiger partial charge on any atom is 0.258 e. The van der Waals surface area contributed by atoms with Gasteiger partial charge in [0, 0.05) is 12.6 Å². The van der Waals surface area contributed by atoms with Crippen LogP contribution in [0.5, 0.6) is 11.5 Å². The van der Waals surface area contributed by atoms with Gasteiger partial charge in [0.1, 0.15) is 11.5 Å². The Labute approximate surface area is 124 Å². The minimum atomic E-state index is -0.152. The van der Waals surface area contributed by atoms with Gasteiger partial charge in [-0.15, -0.1) is 0 Å². The number of rotatable bonds is 6. The zero-order valence-electron chi connectivity index (χ0n) is 12.3. The number of carbonyl (C=O) groups is 1. The number of ether oxygens (including phenoxy) is 2. The normalized spacial score (nSPS) is 10.0. The van der Waals surface area contributed by atoms with Crippen LogP contribution in [0.1, 0.15) is 11.1 Å². The van der Waals surface area contributed by atoms with Gasteiger partial charge >= 0.3 is 0 Å². The van der Waals surface area contributed by atoms with E-state index in [-0.39, 0.29) is 12.5 Å². The number of aryl methyl sites for hydroxylation is 1. The van der Waals surface area contributed by atoms with Gasteiger partial charge in [-0.05, 0) is 30.2 Å². The van der Waals surface area contributed by atoms with Gasteiger partial charge in [0.15, 0.2) is 6.61 Å². The second-order valence-corrected chi connectivity index (χ2v) is 4.67. The highest BCUT2D eigenvalue weighted by Crippen LogP contribution is 2.18. The Balaban J connectivity index is 1.81. The lowest BCUT2D eigenvalue weighted by molar-refractivity contribution is -0.123. The lowest BCUT2D eigenvalue weighted by Gasteiger charge is -2.09. The number of hydrogen-bond donors (Lipinski definition) is 1. The first-order valence-electron chi connectivity index (χ1n) is 6.77. The first-order chi connectivity index (χ1) is 10.2. The molecule has 0 radical (unpaired) electrons. The summed E-state index contributed by atoms with van der Waals surface area (Å²) in [5, 5.41) is 2.84. The predicted molar refractivity (Wildman–Crippen MR) is 81.5 cm³/mol. The molecule has 0 aliphatic rings. The first-order valence-corrected chi connectivity index (χ1v) is 6.77. The standard InChI is InChI=1S/C17H19NO3/c1-13-6-3-4-7-14(13)11-18-17(19)12-21-16-9-5-8-15(10-16)20-2/h3-10H,11-12H2,1-2H3,(H,18,19). The van der Waals surface area contributed by atoms with Crippen LogP contribution in [0.25, 0.3) is 0 Å². The average molecular weight is 285 g/mol. The summed E-state index contributed by atoms with van der Waals surface area (Å²) in [6.07, 6.45) is 0. The lowest BCUT2D eigenvalue weighted by Crippen LogP contribution is -2.28. The molecule has 2 rings (SSSR count). The van der Waals surface area contributed by atoms with Crippen molar-refractivity contribution in [1.29, 1.82) is 0 Å². The van der Waals surface area contributed by atoms with E-state index in [0.29, 0.717) is 18.0 Å². The van der Waals surface area contributed by atoms with Gasteiger partial charge in [-0.3, -0.25) is 4.79 Å². The van der Waals surface area contributed by atoms with E-state index in [9.17, 15) is 4.79 Å². The fourth-order valence-corrected chi connectivity index (χ4v) is 1.89. The van der Waals surface area contributed by atoms with Crippen molar-refractivity contribution in [3.63, 3.8) is 0 Å². The van der Waals surface area contributed by atoms with Crippen molar-refractivity contribution < 1.29 is 14.3 Å². The molecule has 2 aromatic carbocycles. The summed E-state index contributed by atoms with van der Waals surface area (Å²) in [5.74, 6) is 1.16. The monoisotopic (exact) mass is 285 g/mol. The average Bonchev–Trinajstić information content (AvgIpc) is 2.52. The van der Waals surface area contributed by atoms with E-state index in [1.807, 2.05) is 43.3 Å². The zero-order chi connectivity index (χ0) is 15.1. The summed E-state index contributed by atoms with van der Waals surface area (Å²) in [4.78, 5) is 11.8. The zero-order valence-corrected chi connectivity index (χ0v) is 12.3. The Hall–Kier alpha value is -2.49. The summed E-state index contributed by atoms with van der Waals surface area (Å²) in [6, 6.07) is 15.1. The highest BCUT2D eigenvalue weighted by Gasteiger charge is 2.04. The quantitative estimate of drug-likeness (QED) is 0.887. The Morgan fingerprint density at radius 2 is 1.86 bits per heavy atom. The molecule has 0 saturated heterocycles. The molecule has 110 valence electrons. The van der Waals surface area contributed by atoms with Gasteiger partial charge in [0.2, 0.25) is 0 Å². The second-order valence-electron chi connectivity index (χ2n) is 4.67. The molecular formula is C17H19NO3. The van der Waals surface area contributed by atoms with Crippen molar-refractivity contribution in [3.8, 4) is 11.5 Å². The lowest BCUT2D eigenvalue weighted by atomic mass is 10.1. The number of hydrogen-bond acceptors (Lipinski definition) is 3. The molecule has 21 heavy (non-hydrogen) atoms. The van der Waals surface area contributed by atoms with Crippen LogP contribution < -0.4 is 14.8 Å². The van der Waals surface area contributed by atoms with Crippen molar-refractivity contribution in [3.05, 3.63) is 59.7 Å². The number of nitrogens with one attached hydrogen (secondary N) is 1. The van der Waals surface area contributed by atoms with Gasteiger partial charge in [-0.1, -0.05) is 30.3 Å². The van der Waals surface area contributed by atoms with Crippen LogP contribution in [0.3, 0.4) is 0 Å². The molecule has 0 fully saturated rings. The van der Waals surface area contributed by atoms with E-state index in [0.717, 1.165) is 11.1 Å². The first kappa shape index (κ1) is 14.9. The summed E-state index contributed by atoms with van der Waals surface area (Å²) in [7, 11) is 1.59. The Bertz CT molecular complexity index is 610. The van der Waals surface area contributed by atoms with E-state index in [1.54, 1.807) is 19.2 Å². The third-order valence-electron chi connectivity index (χ3n) is 3.15. The van der Waals surface area contributed by atoms with Crippen molar-refractivity contribution in [2.75, 3.05) is 13.7 Å². The molecule has 2 aromatic rings. The van der Waals surface area contributed by atoms with Gasteiger partial charge in [-0.2, -0.15) is 0 Å². The van der Waals surface area contributed by atoms with Crippen LogP contribution in [0, 0.1) is 6.92 Å². The molecule has 0 aromatic heterocycles. The van der Waals surface area contributed by atoms with E-state index in [2.05, 4.69) is 5.32 Å². The van der Waals surface area contributed by atoms with Crippen LogP contribution in [-0.4, -0.2) is 19.6 Å². The summed E-state index contributed by atoms with van der Waals surface area (Å²) in [6.45, 7) is 2.51.